The Morgan fingerprint density at radius 3 is 2.75 bits per heavy atom. The molecular weight excluding hydrogens is 278 g/mol. The minimum atomic E-state index is -3.37. The molecule has 7 heteroatoms. The average molecular weight is 295 g/mol. The van der Waals surface area contributed by atoms with Gasteiger partial charge in [-0.25, -0.2) is 12.7 Å². The normalized spacial score (nSPS) is 18.6. The summed E-state index contributed by atoms with van der Waals surface area (Å²) in [6.45, 7) is 0.971. The van der Waals surface area contributed by atoms with E-state index in [9.17, 15) is 8.42 Å². The van der Waals surface area contributed by atoms with Crippen LogP contribution in [0, 0.1) is 0 Å². The number of rotatable bonds is 3. The molecule has 0 saturated carbocycles. The number of nitrogens with two attached hydrogens (primary N) is 1. The van der Waals surface area contributed by atoms with Gasteiger partial charge in [-0.1, -0.05) is 17.3 Å². The van der Waals surface area contributed by atoms with Crippen molar-refractivity contribution in [3.63, 3.8) is 0 Å². The monoisotopic (exact) mass is 295 g/mol. The Morgan fingerprint density at radius 1 is 1.30 bits per heavy atom. The predicted molar refractivity (Wildman–Crippen MR) is 75.4 cm³/mol. The number of para-hydroxylation sites is 1. The zero-order chi connectivity index (χ0) is 14.2. The molecular formula is C13H17N3O3S. The number of aromatic nitrogens is 1. The summed E-state index contributed by atoms with van der Waals surface area (Å²) in [5.74, 6) is -0.126. The van der Waals surface area contributed by atoms with Gasteiger partial charge in [0.05, 0.1) is 0 Å². The second kappa shape index (κ2) is 5.16. The van der Waals surface area contributed by atoms with E-state index in [2.05, 4.69) is 5.16 Å². The van der Waals surface area contributed by atoms with Crippen molar-refractivity contribution < 1.29 is 12.9 Å². The first-order valence-corrected chi connectivity index (χ1v) is 8.24. The lowest BCUT2D eigenvalue weighted by molar-refractivity contribution is 0.319. The Kier molecular flexibility index (Phi) is 3.49. The van der Waals surface area contributed by atoms with E-state index in [0.29, 0.717) is 37.2 Å². The van der Waals surface area contributed by atoms with Gasteiger partial charge in [0.15, 0.2) is 5.58 Å². The van der Waals surface area contributed by atoms with E-state index >= 15 is 0 Å². The SMILES string of the molecule is NC1CCN(S(=O)(=O)Cc2noc3ccccc23)CC1. The number of piperidine rings is 1. The molecule has 2 aromatic rings. The molecule has 1 saturated heterocycles. The highest BCUT2D eigenvalue weighted by molar-refractivity contribution is 7.88. The van der Waals surface area contributed by atoms with Crippen LogP contribution in [0.4, 0.5) is 0 Å². The minimum Gasteiger partial charge on any atom is -0.356 e. The van der Waals surface area contributed by atoms with Crippen molar-refractivity contribution in [2.45, 2.75) is 24.6 Å². The van der Waals surface area contributed by atoms with Gasteiger partial charge in [0.1, 0.15) is 11.4 Å². The molecule has 0 radical (unpaired) electrons. The van der Waals surface area contributed by atoms with Crippen molar-refractivity contribution in [2.24, 2.45) is 5.73 Å². The Bertz CT molecular complexity index is 702. The van der Waals surface area contributed by atoms with E-state index < -0.39 is 10.0 Å². The summed E-state index contributed by atoms with van der Waals surface area (Å²) in [4.78, 5) is 0. The van der Waals surface area contributed by atoms with Crippen LogP contribution in [-0.2, 0) is 15.8 Å². The Balaban J connectivity index is 1.83. The van der Waals surface area contributed by atoms with Crippen LogP contribution in [0.3, 0.4) is 0 Å². The van der Waals surface area contributed by atoms with E-state index in [1.54, 1.807) is 6.07 Å². The molecule has 0 aliphatic carbocycles. The maximum atomic E-state index is 12.4. The molecule has 1 aliphatic rings. The highest BCUT2D eigenvalue weighted by atomic mass is 32.2. The Morgan fingerprint density at radius 2 is 2.00 bits per heavy atom. The lowest BCUT2D eigenvalue weighted by Gasteiger charge is -2.29. The van der Waals surface area contributed by atoms with Crippen LogP contribution in [0.1, 0.15) is 18.5 Å². The zero-order valence-corrected chi connectivity index (χ0v) is 11.8. The number of hydrogen-bond acceptors (Lipinski definition) is 5. The van der Waals surface area contributed by atoms with Crippen molar-refractivity contribution in [3.8, 4) is 0 Å². The van der Waals surface area contributed by atoms with E-state index in [1.165, 1.54) is 4.31 Å². The molecule has 0 spiro atoms. The summed E-state index contributed by atoms with van der Waals surface area (Å²) >= 11 is 0. The van der Waals surface area contributed by atoms with Gasteiger partial charge in [0, 0.05) is 24.5 Å². The molecule has 0 amide bonds. The minimum absolute atomic E-state index is 0.106. The number of sulfonamides is 1. The number of hydrogen-bond donors (Lipinski definition) is 1. The molecule has 2 heterocycles. The molecule has 1 fully saturated rings. The van der Waals surface area contributed by atoms with Crippen LogP contribution < -0.4 is 5.73 Å². The summed E-state index contributed by atoms with van der Waals surface area (Å²) in [6.07, 6.45) is 1.41. The summed E-state index contributed by atoms with van der Waals surface area (Å²) < 4.78 is 31.5. The fourth-order valence-corrected chi connectivity index (χ4v) is 3.96. The zero-order valence-electron chi connectivity index (χ0n) is 11.0. The third-order valence-electron chi connectivity index (χ3n) is 3.66. The van der Waals surface area contributed by atoms with Gasteiger partial charge in [-0.3, -0.25) is 0 Å². The molecule has 0 unspecified atom stereocenters. The summed E-state index contributed by atoms with van der Waals surface area (Å²) in [5, 5.41) is 4.64. The van der Waals surface area contributed by atoms with Crippen LogP contribution in [0.5, 0.6) is 0 Å². The van der Waals surface area contributed by atoms with Crippen LogP contribution in [-0.4, -0.2) is 37.0 Å². The van der Waals surface area contributed by atoms with Gasteiger partial charge in [-0.15, -0.1) is 0 Å². The molecule has 6 nitrogen and oxygen atoms in total. The van der Waals surface area contributed by atoms with Crippen LogP contribution in [0.25, 0.3) is 11.0 Å². The molecule has 1 aromatic carbocycles. The predicted octanol–water partition coefficient (Wildman–Crippen LogP) is 1.08. The summed E-state index contributed by atoms with van der Waals surface area (Å²) in [5.41, 5.74) is 6.88. The van der Waals surface area contributed by atoms with Crippen molar-refractivity contribution >= 4 is 21.0 Å². The first-order valence-electron chi connectivity index (χ1n) is 6.63. The van der Waals surface area contributed by atoms with Gasteiger partial charge in [-0.05, 0) is 25.0 Å². The summed E-state index contributed by atoms with van der Waals surface area (Å²) in [6, 6.07) is 7.38. The van der Waals surface area contributed by atoms with Crippen molar-refractivity contribution in [2.75, 3.05) is 13.1 Å². The van der Waals surface area contributed by atoms with Crippen molar-refractivity contribution in [3.05, 3.63) is 30.0 Å². The molecule has 108 valence electrons. The highest BCUT2D eigenvalue weighted by Gasteiger charge is 2.28. The fraction of sp³-hybridized carbons (Fsp3) is 0.462. The maximum Gasteiger partial charge on any atom is 0.220 e. The van der Waals surface area contributed by atoms with Gasteiger partial charge >= 0.3 is 0 Å². The Hall–Kier alpha value is -1.44. The van der Waals surface area contributed by atoms with Gasteiger partial charge in [0.2, 0.25) is 10.0 Å². The Labute approximate surface area is 117 Å². The second-order valence-corrected chi connectivity index (χ2v) is 7.09. The van der Waals surface area contributed by atoms with E-state index in [-0.39, 0.29) is 11.8 Å². The number of nitrogens with zero attached hydrogens (tertiary/aromatic N) is 2. The maximum absolute atomic E-state index is 12.4. The van der Waals surface area contributed by atoms with Gasteiger partial charge in [0.25, 0.3) is 0 Å². The fourth-order valence-electron chi connectivity index (χ4n) is 2.46. The first-order chi connectivity index (χ1) is 9.56. The quantitative estimate of drug-likeness (QED) is 0.915. The van der Waals surface area contributed by atoms with E-state index in [0.717, 1.165) is 5.39 Å². The topological polar surface area (TPSA) is 89.4 Å². The first kappa shape index (κ1) is 13.5. The van der Waals surface area contributed by atoms with Crippen molar-refractivity contribution in [1.29, 1.82) is 0 Å². The van der Waals surface area contributed by atoms with Crippen LogP contribution in [0.15, 0.2) is 28.8 Å². The number of benzene rings is 1. The lowest BCUT2D eigenvalue weighted by Crippen LogP contribution is -2.43. The van der Waals surface area contributed by atoms with Crippen LogP contribution >= 0.6 is 0 Å². The molecule has 1 aromatic heterocycles. The molecule has 2 N–H and O–H groups in total. The van der Waals surface area contributed by atoms with Crippen molar-refractivity contribution in [1.82, 2.24) is 9.46 Å². The average Bonchev–Trinajstić information content (AvgIpc) is 2.82. The van der Waals surface area contributed by atoms with Crippen LogP contribution in [0.2, 0.25) is 0 Å². The highest BCUT2D eigenvalue weighted by Crippen LogP contribution is 2.22. The third-order valence-corrected chi connectivity index (χ3v) is 5.45. The largest absolute Gasteiger partial charge is 0.356 e. The van der Waals surface area contributed by atoms with E-state index in [1.807, 2.05) is 18.2 Å². The smallest absolute Gasteiger partial charge is 0.220 e. The molecule has 20 heavy (non-hydrogen) atoms. The summed E-state index contributed by atoms with van der Waals surface area (Å²) in [7, 11) is -3.37. The molecule has 1 aliphatic heterocycles. The third kappa shape index (κ3) is 2.56. The lowest BCUT2D eigenvalue weighted by atomic mass is 10.1. The molecule has 3 rings (SSSR count). The standard InChI is InChI=1S/C13H17N3O3S/c14-10-5-7-16(8-6-10)20(17,18)9-12-11-3-1-2-4-13(11)19-15-12/h1-4,10H,5-9,14H2. The van der Waals surface area contributed by atoms with Gasteiger partial charge in [-0.2, -0.15) is 0 Å². The molecule has 0 bridgehead atoms. The molecule has 0 atom stereocenters. The van der Waals surface area contributed by atoms with E-state index in [4.69, 9.17) is 10.3 Å². The number of fused-ring (bicyclic) bond motifs is 1. The van der Waals surface area contributed by atoms with Gasteiger partial charge < -0.3 is 10.3 Å². The second-order valence-electron chi connectivity index (χ2n) is 5.12.